The minimum Gasteiger partial charge on any atom is -0.480 e. The van der Waals surface area contributed by atoms with Crippen molar-refractivity contribution in [2.45, 2.75) is 68.8 Å². The first kappa shape index (κ1) is 30.5. The summed E-state index contributed by atoms with van der Waals surface area (Å²) in [7, 11) is -3.91. The first-order chi connectivity index (χ1) is 18.6. The number of hydrogen-bond acceptors (Lipinski definition) is 7. The second kappa shape index (κ2) is 14.4. The van der Waals surface area contributed by atoms with E-state index < -0.39 is 34.0 Å². The fourth-order valence-electron chi connectivity index (χ4n) is 4.30. The fraction of sp³-hybridized carbons (Fsp3) is 0.429. The van der Waals surface area contributed by atoms with E-state index in [4.69, 9.17) is 5.41 Å². The van der Waals surface area contributed by atoms with E-state index >= 15 is 0 Å². The number of amides is 1. The number of carboxylic acids is 1. The lowest BCUT2D eigenvalue weighted by molar-refractivity contribution is -0.142. The van der Waals surface area contributed by atoms with Crippen molar-refractivity contribution >= 4 is 45.2 Å². The highest BCUT2D eigenvalue weighted by Crippen LogP contribution is 2.28. The number of aliphatic carboxylic acids is 1. The highest BCUT2D eigenvalue weighted by atomic mass is 32.2. The monoisotopic (exact) mass is 573 g/mol. The Morgan fingerprint density at radius 2 is 1.67 bits per heavy atom. The van der Waals surface area contributed by atoms with Crippen LogP contribution in [0.25, 0.3) is 0 Å². The van der Waals surface area contributed by atoms with E-state index in [2.05, 4.69) is 5.32 Å². The van der Waals surface area contributed by atoms with Crippen LogP contribution in [-0.4, -0.2) is 64.9 Å². The minimum atomic E-state index is -3.91. The molecule has 1 aliphatic rings. The maximum absolute atomic E-state index is 13.1. The van der Waals surface area contributed by atoms with Crippen LogP contribution in [0.5, 0.6) is 0 Å². The molecular weight excluding hydrogens is 538 g/mol. The molecule has 0 bridgehead atoms. The van der Waals surface area contributed by atoms with Crippen molar-refractivity contribution in [3.63, 3.8) is 0 Å². The van der Waals surface area contributed by atoms with E-state index in [9.17, 15) is 27.9 Å². The molecule has 11 heteroatoms. The van der Waals surface area contributed by atoms with Gasteiger partial charge in [-0.3, -0.25) is 9.59 Å². The van der Waals surface area contributed by atoms with Crippen molar-refractivity contribution in [3.8, 4) is 0 Å². The Balaban J connectivity index is 1.55. The number of benzene rings is 2. The van der Waals surface area contributed by atoms with Gasteiger partial charge in [0.15, 0.2) is 0 Å². The zero-order chi connectivity index (χ0) is 28.4. The topological polar surface area (TPSA) is 145 Å². The number of nitrogens with one attached hydrogen (secondary N) is 2. The van der Waals surface area contributed by atoms with Crippen LogP contribution in [0.15, 0.2) is 59.5 Å². The molecule has 1 amide bonds. The van der Waals surface area contributed by atoms with E-state index in [0.29, 0.717) is 24.1 Å². The molecule has 3 N–H and O–H groups in total. The third kappa shape index (κ3) is 9.01. The molecule has 2 aromatic rings. The van der Waals surface area contributed by atoms with Gasteiger partial charge in [-0.15, -0.1) is 11.8 Å². The Hall–Kier alpha value is -3.02. The second-order valence-electron chi connectivity index (χ2n) is 9.70. The molecule has 0 radical (unpaired) electrons. The number of nitrogens with zero attached hydrogens (tertiary/aromatic N) is 1. The largest absolute Gasteiger partial charge is 0.480 e. The molecule has 2 atom stereocenters. The quantitative estimate of drug-likeness (QED) is 0.218. The highest BCUT2D eigenvalue weighted by molar-refractivity contribution is 8.00. The van der Waals surface area contributed by atoms with E-state index in [-0.39, 0.29) is 28.7 Å². The maximum atomic E-state index is 13.1. The van der Waals surface area contributed by atoms with Gasteiger partial charge in [-0.1, -0.05) is 48.9 Å². The summed E-state index contributed by atoms with van der Waals surface area (Å²) in [6.45, 7) is 1.78. The number of carbonyl (C=O) groups excluding carboxylic acids is 2. The first-order valence-electron chi connectivity index (χ1n) is 12.9. The van der Waals surface area contributed by atoms with Crippen molar-refractivity contribution < 1.29 is 27.9 Å². The number of rotatable bonds is 15. The van der Waals surface area contributed by atoms with Gasteiger partial charge in [0.1, 0.15) is 17.9 Å². The Labute approximate surface area is 233 Å². The molecule has 2 aromatic carbocycles. The van der Waals surface area contributed by atoms with Crippen LogP contribution in [0.1, 0.15) is 50.2 Å². The molecule has 0 aliphatic carbocycles. The van der Waals surface area contributed by atoms with E-state index in [1.807, 2.05) is 0 Å². The van der Waals surface area contributed by atoms with Crippen LogP contribution in [0.3, 0.4) is 0 Å². The summed E-state index contributed by atoms with van der Waals surface area (Å²) in [6, 6.07) is 12.7. The predicted molar refractivity (Wildman–Crippen MR) is 151 cm³/mol. The third-order valence-corrected chi connectivity index (χ3v) is 9.52. The lowest BCUT2D eigenvalue weighted by Gasteiger charge is -2.24. The lowest BCUT2D eigenvalue weighted by Crippen LogP contribution is -2.52. The summed E-state index contributed by atoms with van der Waals surface area (Å²) in [5.41, 5.74) is 2.16. The summed E-state index contributed by atoms with van der Waals surface area (Å²) < 4.78 is 27.2. The SMILES string of the molecule is CC(=N)CCCCCC(=O)Cc1ccc(CC(NC(=O)C2CSCN2S(=O)(=O)c2ccccc2)C(=O)O)cc1. The molecule has 39 heavy (non-hydrogen) atoms. The van der Waals surface area contributed by atoms with Crippen LogP contribution in [0.2, 0.25) is 0 Å². The number of hydrogen-bond donors (Lipinski definition) is 3. The molecule has 9 nitrogen and oxygen atoms in total. The number of Topliss-reactive ketones (excluding diaryl/α,β-unsaturated/α-hetero) is 1. The molecule has 210 valence electrons. The first-order valence-corrected chi connectivity index (χ1v) is 15.5. The van der Waals surface area contributed by atoms with E-state index in [1.54, 1.807) is 49.4 Å². The second-order valence-corrected chi connectivity index (χ2v) is 12.6. The third-order valence-electron chi connectivity index (χ3n) is 6.48. The van der Waals surface area contributed by atoms with Gasteiger partial charge < -0.3 is 15.8 Å². The average Bonchev–Trinajstić information content (AvgIpc) is 3.41. The maximum Gasteiger partial charge on any atom is 0.326 e. The van der Waals surface area contributed by atoms with Gasteiger partial charge in [-0.25, -0.2) is 13.2 Å². The van der Waals surface area contributed by atoms with Crippen LogP contribution < -0.4 is 5.32 Å². The number of carbonyl (C=O) groups is 3. The van der Waals surface area contributed by atoms with Crippen molar-refractivity contribution in [1.82, 2.24) is 9.62 Å². The lowest BCUT2D eigenvalue weighted by atomic mass is 10.00. The molecule has 0 spiro atoms. The number of sulfonamides is 1. The summed E-state index contributed by atoms with van der Waals surface area (Å²) >= 11 is 1.30. The highest BCUT2D eigenvalue weighted by Gasteiger charge is 2.41. The summed E-state index contributed by atoms with van der Waals surface area (Å²) in [5, 5.41) is 19.7. The van der Waals surface area contributed by atoms with Crippen molar-refractivity contribution in [2.24, 2.45) is 0 Å². The molecule has 1 saturated heterocycles. The summed E-state index contributed by atoms with van der Waals surface area (Å²) in [6.07, 6.45) is 4.20. The van der Waals surface area contributed by atoms with Crippen LogP contribution in [0, 0.1) is 5.41 Å². The molecular formula is C28H35N3O6S2. The van der Waals surface area contributed by atoms with Crippen molar-refractivity contribution in [2.75, 3.05) is 11.6 Å². The number of unbranched alkanes of at least 4 members (excludes halogenated alkanes) is 2. The van der Waals surface area contributed by atoms with Gasteiger partial charge in [0, 0.05) is 30.7 Å². The average molecular weight is 574 g/mol. The Kier molecular flexibility index (Phi) is 11.3. The van der Waals surface area contributed by atoms with Gasteiger partial charge in [0.25, 0.3) is 0 Å². The van der Waals surface area contributed by atoms with Gasteiger partial charge in [0.2, 0.25) is 15.9 Å². The van der Waals surface area contributed by atoms with E-state index in [0.717, 1.165) is 35.6 Å². The van der Waals surface area contributed by atoms with Crippen molar-refractivity contribution in [3.05, 3.63) is 65.7 Å². The Bertz CT molecular complexity index is 1270. The number of ketones is 1. The van der Waals surface area contributed by atoms with Crippen molar-refractivity contribution in [1.29, 1.82) is 5.41 Å². The number of carboxylic acid groups (broad SMARTS) is 1. The van der Waals surface area contributed by atoms with Gasteiger partial charge in [0.05, 0.1) is 10.8 Å². The standard InChI is InChI=1S/C28H35N3O6S2/c1-20(29)8-4-2-5-9-23(32)16-21-12-14-22(15-13-21)17-25(28(34)35)30-27(33)26-18-38-19-31(26)39(36,37)24-10-6-3-7-11-24/h3,6-7,10-15,25-26,29H,2,4-5,8-9,16-19H2,1H3,(H,30,33)(H,34,35). The van der Waals surface area contributed by atoms with Crippen LogP contribution >= 0.6 is 11.8 Å². The molecule has 1 heterocycles. The Morgan fingerprint density at radius 1 is 1.03 bits per heavy atom. The zero-order valence-corrected chi connectivity index (χ0v) is 23.6. The Morgan fingerprint density at radius 3 is 2.31 bits per heavy atom. The van der Waals surface area contributed by atoms with Gasteiger partial charge in [-0.2, -0.15) is 4.31 Å². The van der Waals surface area contributed by atoms with Crippen LogP contribution in [-0.2, 0) is 37.2 Å². The van der Waals surface area contributed by atoms with Gasteiger partial charge in [-0.05, 0) is 49.4 Å². The smallest absolute Gasteiger partial charge is 0.326 e. The molecule has 1 fully saturated rings. The number of thioether (sulfide) groups is 1. The van der Waals surface area contributed by atoms with Gasteiger partial charge >= 0.3 is 5.97 Å². The molecule has 2 unspecified atom stereocenters. The zero-order valence-electron chi connectivity index (χ0n) is 22.0. The molecule has 1 aliphatic heterocycles. The van der Waals surface area contributed by atoms with E-state index in [1.165, 1.54) is 23.9 Å². The summed E-state index contributed by atoms with van der Waals surface area (Å²) in [4.78, 5) is 37.3. The van der Waals surface area contributed by atoms with Crippen LogP contribution in [0.4, 0.5) is 0 Å². The predicted octanol–water partition coefficient (Wildman–Crippen LogP) is 3.66. The normalized spacial score (nSPS) is 16.5. The molecule has 0 aromatic heterocycles. The minimum absolute atomic E-state index is 0.0209. The fourth-order valence-corrected chi connectivity index (χ4v) is 7.47. The summed E-state index contributed by atoms with van der Waals surface area (Å²) in [5.74, 6) is -1.39. The molecule has 3 rings (SSSR count). The molecule has 0 saturated carbocycles.